The fourth-order valence-electron chi connectivity index (χ4n) is 1.75. The molecule has 2 nitrogen and oxygen atoms in total. The molecule has 0 aliphatic heterocycles. The van der Waals surface area contributed by atoms with Gasteiger partial charge < -0.3 is 10.1 Å². The molecule has 0 aliphatic rings. The Balaban J connectivity index is 2.16. The SMILES string of the molecule is FC(F)Oc1ccc(Br)cc1CNc1cc(Cl)cc(Cl)c1. The van der Waals surface area contributed by atoms with E-state index in [1.54, 1.807) is 30.3 Å². The van der Waals surface area contributed by atoms with E-state index in [2.05, 4.69) is 26.0 Å². The molecule has 0 atom stereocenters. The molecule has 0 aliphatic carbocycles. The highest BCUT2D eigenvalue weighted by molar-refractivity contribution is 9.10. The maximum atomic E-state index is 12.4. The molecular formula is C14H10BrCl2F2NO. The van der Waals surface area contributed by atoms with E-state index in [1.165, 1.54) is 6.07 Å². The van der Waals surface area contributed by atoms with Crippen molar-refractivity contribution in [2.45, 2.75) is 13.2 Å². The number of ether oxygens (including phenoxy) is 1. The van der Waals surface area contributed by atoms with Gasteiger partial charge in [0.15, 0.2) is 0 Å². The lowest BCUT2D eigenvalue weighted by Gasteiger charge is -2.13. The Morgan fingerprint density at radius 2 is 1.76 bits per heavy atom. The second kappa shape index (κ2) is 7.29. The predicted molar refractivity (Wildman–Crippen MR) is 84.6 cm³/mol. The molecule has 0 heterocycles. The highest BCUT2D eigenvalue weighted by Gasteiger charge is 2.10. The molecule has 0 fully saturated rings. The molecule has 0 aromatic heterocycles. The number of alkyl halides is 2. The van der Waals surface area contributed by atoms with Crippen molar-refractivity contribution in [2.75, 3.05) is 5.32 Å². The van der Waals surface area contributed by atoms with Crippen LogP contribution < -0.4 is 10.1 Å². The average molecular weight is 397 g/mol. The number of hydrogen-bond donors (Lipinski definition) is 1. The number of anilines is 1. The second-order valence-corrected chi connectivity index (χ2v) is 5.93. The first-order chi connectivity index (χ1) is 9.94. The van der Waals surface area contributed by atoms with Gasteiger partial charge in [0.25, 0.3) is 0 Å². The Bertz CT molecular complexity index is 620. The largest absolute Gasteiger partial charge is 0.434 e. The van der Waals surface area contributed by atoms with Gasteiger partial charge in [0, 0.05) is 32.3 Å². The van der Waals surface area contributed by atoms with Gasteiger partial charge in [-0.1, -0.05) is 39.1 Å². The minimum Gasteiger partial charge on any atom is -0.434 e. The smallest absolute Gasteiger partial charge is 0.387 e. The van der Waals surface area contributed by atoms with E-state index in [-0.39, 0.29) is 12.3 Å². The Labute approximate surface area is 139 Å². The third kappa shape index (κ3) is 5.02. The standard InChI is InChI=1S/C14H10BrCl2F2NO/c15-9-1-2-13(21-14(18)19)8(3-9)7-20-12-5-10(16)4-11(17)6-12/h1-6,14,20H,7H2. The molecule has 2 aromatic rings. The summed E-state index contributed by atoms with van der Waals surface area (Å²) in [5.74, 6) is 0.119. The molecule has 0 amide bonds. The first kappa shape index (κ1) is 16.3. The zero-order valence-electron chi connectivity index (χ0n) is 10.5. The normalized spacial score (nSPS) is 10.8. The molecule has 0 bridgehead atoms. The van der Waals surface area contributed by atoms with Crippen molar-refractivity contribution >= 4 is 44.8 Å². The van der Waals surface area contributed by atoms with Gasteiger partial charge in [0.1, 0.15) is 5.75 Å². The van der Waals surface area contributed by atoms with E-state index in [1.807, 2.05) is 0 Å². The van der Waals surface area contributed by atoms with Crippen LogP contribution in [0.2, 0.25) is 10.0 Å². The minimum absolute atomic E-state index is 0.119. The van der Waals surface area contributed by atoms with E-state index >= 15 is 0 Å². The number of halogens is 5. The lowest BCUT2D eigenvalue weighted by atomic mass is 10.2. The van der Waals surface area contributed by atoms with Crippen molar-refractivity contribution < 1.29 is 13.5 Å². The summed E-state index contributed by atoms with van der Waals surface area (Å²) in [5, 5.41) is 4.05. The summed E-state index contributed by atoms with van der Waals surface area (Å²) in [6, 6.07) is 9.82. The summed E-state index contributed by atoms with van der Waals surface area (Å²) in [7, 11) is 0. The summed E-state index contributed by atoms with van der Waals surface area (Å²) in [5.41, 5.74) is 1.27. The van der Waals surface area contributed by atoms with Crippen molar-refractivity contribution in [2.24, 2.45) is 0 Å². The summed E-state index contributed by atoms with van der Waals surface area (Å²) in [4.78, 5) is 0. The number of hydrogen-bond acceptors (Lipinski definition) is 2. The van der Waals surface area contributed by atoms with Gasteiger partial charge in [-0.2, -0.15) is 8.78 Å². The Hall–Kier alpha value is -1.04. The van der Waals surface area contributed by atoms with Crippen molar-refractivity contribution in [3.8, 4) is 5.75 Å². The van der Waals surface area contributed by atoms with Crippen LogP contribution in [0.25, 0.3) is 0 Å². The van der Waals surface area contributed by atoms with Crippen molar-refractivity contribution in [1.29, 1.82) is 0 Å². The molecule has 2 aromatic carbocycles. The van der Waals surface area contributed by atoms with Crippen LogP contribution in [0.1, 0.15) is 5.56 Å². The van der Waals surface area contributed by atoms with Crippen LogP contribution in [0.3, 0.4) is 0 Å². The van der Waals surface area contributed by atoms with Crippen LogP contribution in [0, 0.1) is 0 Å². The molecule has 7 heteroatoms. The van der Waals surface area contributed by atoms with Crippen LogP contribution in [-0.2, 0) is 6.54 Å². The predicted octanol–water partition coefficient (Wildman–Crippen LogP) is 5.97. The van der Waals surface area contributed by atoms with Gasteiger partial charge in [-0.3, -0.25) is 0 Å². The van der Waals surface area contributed by atoms with Gasteiger partial charge in [-0.15, -0.1) is 0 Å². The number of rotatable bonds is 5. The molecule has 0 saturated carbocycles. The lowest BCUT2D eigenvalue weighted by Crippen LogP contribution is -2.07. The molecular weight excluding hydrogens is 387 g/mol. The monoisotopic (exact) mass is 395 g/mol. The fraction of sp³-hybridized carbons (Fsp3) is 0.143. The van der Waals surface area contributed by atoms with Crippen LogP contribution in [0.15, 0.2) is 40.9 Å². The van der Waals surface area contributed by atoms with E-state index in [9.17, 15) is 8.78 Å². The van der Waals surface area contributed by atoms with E-state index in [4.69, 9.17) is 23.2 Å². The van der Waals surface area contributed by atoms with Gasteiger partial charge in [-0.05, 0) is 36.4 Å². The van der Waals surface area contributed by atoms with Crippen LogP contribution >= 0.6 is 39.1 Å². The molecule has 0 unspecified atom stereocenters. The van der Waals surface area contributed by atoms with E-state index < -0.39 is 6.61 Å². The maximum absolute atomic E-state index is 12.4. The van der Waals surface area contributed by atoms with Crippen molar-refractivity contribution in [3.63, 3.8) is 0 Å². The number of nitrogens with one attached hydrogen (secondary N) is 1. The van der Waals surface area contributed by atoms with Crippen molar-refractivity contribution in [3.05, 3.63) is 56.5 Å². The molecule has 21 heavy (non-hydrogen) atoms. The first-order valence-electron chi connectivity index (χ1n) is 5.87. The first-order valence-corrected chi connectivity index (χ1v) is 7.42. The third-order valence-corrected chi connectivity index (χ3v) is 3.51. The topological polar surface area (TPSA) is 21.3 Å². The van der Waals surface area contributed by atoms with Crippen LogP contribution in [0.4, 0.5) is 14.5 Å². The van der Waals surface area contributed by atoms with Gasteiger partial charge >= 0.3 is 6.61 Å². The van der Waals surface area contributed by atoms with Crippen molar-refractivity contribution in [1.82, 2.24) is 0 Å². The van der Waals surface area contributed by atoms with E-state index in [0.29, 0.717) is 21.3 Å². The highest BCUT2D eigenvalue weighted by atomic mass is 79.9. The summed E-state index contributed by atoms with van der Waals surface area (Å²) in [6.07, 6.45) is 0. The molecule has 0 spiro atoms. The maximum Gasteiger partial charge on any atom is 0.387 e. The highest BCUT2D eigenvalue weighted by Crippen LogP contribution is 2.27. The van der Waals surface area contributed by atoms with Gasteiger partial charge in [0.05, 0.1) is 0 Å². The Morgan fingerprint density at radius 1 is 1.10 bits per heavy atom. The molecule has 0 saturated heterocycles. The summed E-state index contributed by atoms with van der Waals surface area (Å²) >= 11 is 15.1. The Kier molecular flexibility index (Phi) is 5.67. The van der Waals surface area contributed by atoms with Gasteiger partial charge in [-0.25, -0.2) is 0 Å². The number of benzene rings is 2. The quantitative estimate of drug-likeness (QED) is 0.672. The van der Waals surface area contributed by atoms with Gasteiger partial charge in [0.2, 0.25) is 0 Å². The second-order valence-electron chi connectivity index (χ2n) is 4.14. The Morgan fingerprint density at radius 3 is 2.38 bits per heavy atom. The fourth-order valence-corrected chi connectivity index (χ4v) is 2.68. The van der Waals surface area contributed by atoms with Crippen LogP contribution in [0.5, 0.6) is 5.75 Å². The zero-order valence-corrected chi connectivity index (χ0v) is 13.6. The summed E-state index contributed by atoms with van der Waals surface area (Å²) in [6.45, 7) is -2.58. The molecule has 112 valence electrons. The average Bonchev–Trinajstić information content (AvgIpc) is 2.37. The summed E-state index contributed by atoms with van der Waals surface area (Å²) < 4.78 is 30.0. The zero-order chi connectivity index (χ0) is 15.4. The van der Waals surface area contributed by atoms with Crippen LogP contribution in [-0.4, -0.2) is 6.61 Å². The molecule has 0 radical (unpaired) electrons. The lowest BCUT2D eigenvalue weighted by molar-refractivity contribution is -0.0504. The minimum atomic E-state index is -2.87. The van der Waals surface area contributed by atoms with E-state index in [0.717, 1.165) is 4.47 Å². The third-order valence-electron chi connectivity index (χ3n) is 2.58. The molecule has 2 rings (SSSR count). The molecule has 1 N–H and O–H groups in total.